The van der Waals surface area contributed by atoms with Crippen LogP contribution in [-0.2, 0) is 4.79 Å². The Morgan fingerprint density at radius 1 is 1.15 bits per heavy atom. The number of amides is 2. The lowest BCUT2D eigenvalue weighted by Crippen LogP contribution is -2.38. The minimum atomic E-state index is -0.486. The maximum absolute atomic E-state index is 13.2. The van der Waals surface area contributed by atoms with Crippen molar-refractivity contribution in [2.24, 2.45) is 0 Å². The summed E-state index contributed by atoms with van der Waals surface area (Å²) in [4.78, 5) is 25.1. The second-order valence-electron chi connectivity index (χ2n) is 5.35. The molecule has 3 aromatic rings. The smallest absolute Gasteiger partial charge is 0.287 e. The molecular formula is C18H14BrFN2O3S. The Morgan fingerprint density at radius 2 is 1.92 bits per heavy atom. The molecule has 2 amide bonds. The molecule has 0 aliphatic rings. The van der Waals surface area contributed by atoms with E-state index in [9.17, 15) is 14.0 Å². The van der Waals surface area contributed by atoms with E-state index in [1.165, 1.54) is 29.5 Å². The average Bonchev–Trinajstić information content (AvgIpc) is 3.30. The number of benzene rings is 1. The molecule has 3 rings (SSSR count). The topological polar surface area (TPSA) is 71.3 Å². The molecule has 134 valence electrons. The van der Waals surface area contributed by atoms with Gasteiger partial charge in [-0.1, -0.05) is 18.2 Å². The van der Waals surface area contributed by atoms with Crippen LogP contribution in [0.4, 0.5) is 4.39 Å². The zero-order chi connectivity index (χ0) is 18.5. The summed E-state index contributed by atoms with van der Waals surface area (Å²) in [6.07, 6.45) is 0. The number of hydrogen-bond acceptors (Lipinski definition) is 4. The number of carbonyl (C=O) groups excluding carboxylic acids is 2. The minimum Gasteiger partial charge on any atom is -0.444 e. The average molecular weight is 437 g/mol. The van der Waals surface area contributed by atoms with E-state index in [2.05, 4.69) is 26.6 Å². The van der Waals surface area contributed by atoms with Gasteiger partial charge in [0.1, 0.15) is 5.82 Å². The summed E-state index contributed by atoms with van der Waals surface area (Å²) in [6.45, 7) is -0.208. The normalized spacial score (nSPS) is 11.8. The van der Waals surface area contributed by atoms with Gasteiger partial charge in [-0.25, -0.2) is 4.39 Å². The van der Waals surface area contributed by atoms with Gasteiger partial charge in [0.15, 0.2) is 10.4 Å². The van der Waals surface area contributed by atoms with Crippen LogP contribution in [0.25, 0.3) is 0 Å². The maximum atomic E-state index is 13.2. The number of rotatable bonds is 6. The standard InChI is InChI=1S/C18H14BrFN2O3S/c19-15-8-7-13(25-15)18(24)21-10-16(23)22-17(14-2-1-9-26-14)11-3-5-12(20)6-4-11/h1-9,17H,10H2,(H,21,24)(H,22,23)/t17-/m1/s1. The first kappa shape index (κ1) is 18.3. The number of thiophene rings is 1. The first-order chi connectivity index (χ1) is 12.5. The van der Waals surface area contributed by atoms with Crippen molar-refractivity contribution < 1.29 is 18.4 Å². The summed E-state index contributed by atoms with van der Waals surface area (Å²) >= 11 is 4.59. The molecule has 5 nitrogen and oxygen atoms in total. The minimum absolute atomic E-state index is 0.109. The van der Waals surface area contributed by atoms with Gasteiger partial charge in [0.2, 0.25) is 5.91 Å². The molecule has 0 radical (unpaired) electrons. The molecule has 0 spiro atoms. The molecule has 2 heterocycles. The number of furan rings is 1. The van der Waals surface area contributed by atoms with E-state index in [1.54, 1.807) is 18.2 Å². The summed E-state index contributed by atoms with van der Waals surface area (Å²) in [6, 6.07) is 12.4. The third-order valence-corrected chi connectivity index (χ3v) is 4.91. The van der Waals surface area contributed by atoms with Crippen LogP contribution in [0.5, 0.6) is 0 Å². The van der Waals surface area contributed by atoms with Crippen LogP contribution in [0.1, 0.15) is 27.0 Å². The summed E-state index contributed by atoms with van der Waals surface area (Å²) in [5.41, 5.74) is 0.753. The molecule has 8 heteroatoms. The fraction of sp³-hybridized carbons (Fsp3) is 0.111. The molecule has 0 saturated carbocycles. The summed E-state index contributed by atoms with van der Waals surface area (Å²) in [7, 11) is 0. The molecule has 0 aliphatic heterocycles. The molecule has 0 aliphatic carbocycles. The number of nitrogens with one attached hydrogen (secondary N) is 2. The van der Waals surface area contributed by atoms with E-state index in [-0.39, 0.29) is 24.0 Å². The van der Waals surface area contributed by atoms with Gasteiger partial charge in [0, 0.05) is 4.88 Å². The lowest BCUT2D eigenvalue weighted by atomic mass is 10.1. The van der Waals surface area contributed by atoms with Crippen molar-refractivity contribution in [1.29, 1.82) is 0 Å². The molecule has 2 aromatic heterocycles. The van der Waals surface area contributed by atoms with Crippen LogP contribution in [0.15, 0.2) is 63.0 Å². The zero-order valence-electron chi connectivity index (χ0n) is 13.4. The molecular weight excluding hydrogens is 423 g/mol. The van der Waals surface area contributed by atoms with Crippen LogP contribution < -0.4 is 10.6 Å². The Hall–Kier alpha value is -2.45. The Labute approximate surface area is 161 Å². The van der Waals surface area contributed by atoms with E-state index in [4.69, 9.17) is 4.42 Å². The lowest BCUT2D eigenvalue weighted by Gasteiger charge is -2.18. The van der Waals surface area contributed by atoms with Gasteiger partial charge >= 0.3 is 0 Å². The van der Waals surface area contributed by atoms with Crippen LogP contribution >= 0.6 is 27.3 Å². The Kier molecular flexibility index (Phi) is 5.85. The van der Waals surface area contributed by atoms with Crippen molar-refractivity contribution >= 4 is 39.1 Å². The molecule has 1 aromatic carbocycles. The van der Waals surface area contributed by atoms with E-state index < -0.39 is 11.9 Å². The summed E-state index contributed by atoms with van der Waals surface area (Å²) < 4.78 is 18.8. The van der Waals surface area contributed by atoms with Gasteiger partial charge in [0.25, 0.3) is 5.91 Å². The molecule has 0 saturated heterocycles. The van der Waals surface area contributed by atoms with Gasteiger partial charge in [-0.15, -0.1) is 11.3 Å². The highest BCUT2D eigenvalue weighted by Gasteiger charge is 2.19. The molecule has 0 unspecified atom stereocenters. The molecule has 2 N–H and O–H groups in total. The first-order valence-electron chi connectivity index (χ1n) is 7.64. The number of hydrogen-bond donors (Lipinski definition) is 2. The van der Waals surface area contributed by atoms with Crippen molar-refractivity contribution in [3.63, 3.8) is 0 Å². The highest BCUT2D eigenvalue weighted by molar-refractivity contribution is 9.10. The Morgan fingerprint density at radius 3 is 2.54 bits per heavy atom. The molecule has 0 fully saturated rings. The predicted molar refractivity (Wildman–Crippen MR) is 99.4 cm³/mol. The number of carbonyl (C=O) groups is 2. The van der Waals surface area contributed by atoms with E-state index in [0.717, 1.165) is 10.4 Å². The van der Waals surface area contributed by atoms with E-state index in [1.807, 2.05) is 17.5 Å². The summed E-state index contributed by atoms with van der Waals surface area (Å²) in [5.74, 6) is -1.09. The van der Waals surface area contributed by atoms with Gasteiger partial charge in [-0.05, 0) is 57.2 Å². The summed E-state index contributed by atoms with van der Waals surface area (Å²) in [5, 5.41) is 7.26. The monoisotopic (exact) mass is 436 g/mol. The van der Waals surface area contributed by atoms with Crippen LogP contribution in [0.2, 0.25) is 0 Å². The Balaban J connectivity index is 1.66. The largest absolute Gasteiger partial charge is 0.444 e. The SMILES string of the molecule is O=C(CNC(=O)c1ccc(Br)o1)N[C@H](c1ccc(F)cc1)c1cccs1. The molecule has 1 atom stereocenters. The predicted octanol–water partition coefficient (Wildman–Crippen LogP) is 3.88. The fourth-order valence-corrected chi connectivity index (χ4v) is 3.43. The lowest BCUT2D eigenvalue weighted by molar-refractivity contribution is -0.120. The Bertz CT molecular complexity index is 894. The second-order valence-corrected chi connectivity index (χ2v) is 7.11. The van der Waals surface area contributed by atoms with Crippen LogP contribution in [0, 0.1) is 5.82 Å². The van der Waals surface area contributed by atoms with Gasteiger partial charge in [-0.2, -0.15) is 0 Å². The van der Waals surface area contributed by atoms with Gasteiger partial charge in [-0.3, -0.25) is 9.59 Å². The third kappa shape index (κ3) is 4.59. The van der Waals surface area contributed by atoms with Crippen molar-refractivity contribution in [3.8, 4) is 0 Å². The van der Waals surface area contributed by atoms with E-state index >= 15 is 0 Å². The van der Waals surface area contributed by atoms with Crippen LogP contribution in [0.3, 0.4) is 0 Å². The molecule has 0 bridgehead atoms. The van der Waals surface area contributed by atoms with Gasteiger partial charge < -0.3 is 15.1 Å². The van der Waals surface area contributed by atoms with E-state index in [0.29, 0.717) is 4.67 Å². The quantitative estimate of drug-likeness (QED) is 0.615. The zero-order valence-corrected chi connectivity index (χ0v) is 15.8. The van der Waals surface area contributed by atoms with Gasteiger partial charge in [0.05, 0.1) is 12.6 Å². The number of halogens is 2. The van der Waals surface area contributed by atoms with Crippen molar-refractivity contribution in [2.75, 3.05) is 6.54 Å². The highest BCUT2D eigenvalue weighted by Crippen LogP contribution is 2.26. The first-order valence-corrected chi connectivity index (χ1v) is 9.32. The highest BCUT2D eigenvalue weighted by atomic mass is 79.9. The van der Waals surface area contributed by atoms with Crippen LogP contribution in [-0.4, -0.2) is 18.4 Å². The third-order valence-electron chi connectivity index (χ3n) is 3.54. The molecule has 26 heavy (non-hydrogen) atoms. The second kappa shape index (κ2) is 8.29. The van der Waals surface area contributed by atoms with Crippen molar-refractivity contribution in [3.05, 3.63) is 80.6 Å². The maximum Gasteiger partial charge on any atom is 0.287 e. The fourth-order valence-electron chi connectivity index (χ4n) is 2.33. The van der Waals surface area contributed by atoms with Crippen molar-refractivity contribution in [1.82, 2.24) is 10.6 Å². The van der Waals surface area contributed by atoms with Crippen molar-refractivity contribution in [2.45, 2.75) is 6.04 Å².